The van der Waals surface area contributed by atoms with E-state index in [0.717, 1.165) is 47.4 Å². The van der Waals surface area contributed by atoms with Crippen LogP contribution in [0.5, 0.6) is 0 Å². The molecule has 1 amide bonds. The summed E-state index contributed by atoms with van der Waals surface area (Å²) >= 11 is 6.20. The molecule has 2 fully saturated rings. The highest BCUT2D eigenvalue weighted by molar-refractivity contribution is 6.30. The molecular formula is C25H28ClFN4O2. The number of imidazole rings is 1. The van der Waals surface area contributed by atoms with Gasteiger partial charge in [-0.25, -0.2) is 9.37 Å². The molecule has 0 bridgehead atoms. The Bertz CT molecular complexity index is 1180. The monoisotopic (exact) mass is 470 g/mol. The minimum atomic E-state index is -0.389. The number of piperidine rings is 1. The molecule has 5 rings (SSSR count). The van der Waals surface area contributed by atoms with Crippen LogP contribution < -0.4 is 10.2 Å². The largest absolute Gasteiger partial charge is 0.379 e. The highest BCUT2D eigenvalue weighted by Crippen LogP contribution is 2.33. The molecule has 0 radical (unpaired) electrons. The minimum Gasteiger partial charge on any atom is -0.379 e. The number of fused-ring (bicyclic) bond motifs is 1. The lowest BCUT2D eigenvalue weighted by Crippen LogP contribution is -2.44. The van der Waals surface area contributed by atoms with Gasteiger partial charge in [0.05, 0.1) is 29.4 Å². The number of nitrogens with one attached hydrogen (secondary N) is 1. The number of carbonyl (C=O) groups excluding carboxylic acids is 1. The van der Waals surface area contributed by atoms with Crippen molar-refractivity contribution in [2.75, 3.05) is 31.2 Å². The van der Waals surface area contributed by atoms with E-state index in [0.29, 0.717) is 37.0 Å². The third-order valence-electron chi connectivity index (χ3n) is 6.78. The van der Waals surface area contributed by atoms with Crippen LogP contribution in [0.2, 0.25) is 5.02 Å². The van der Waals surface area contributed by atoms with E-state index < -0.39 is 0 Å². The molecule has 174 valence electrons. The fourth-order valence-electron chi connectivity index (χ4n) is 4.76. The molecule has 33 heavy (non-hydrogen) atoms. The van der Waals surface area contributed by atoms with Crippen molar-refractivity contribution in [3.05, 3.63) is 52.3 Å². The van der Waals surface area contributed by atoms with Gasteiger partial charge in [0, 0.05) is 30.6 Å². The van der Waals surface area contributed by atoms with Crippen molar-refractivity contribution in [3.8, 4) is 5.69 Å². The Morgan fingerprint density at radius 2 is 1.88 bits per heavy atom. The fourth-order valence-corrected chi connectivity index (χ4v) is 4.98. The Hall–Kier alpha value is -2.64. The van der Waals surface area contributed by atoms with E-state index in [1.807, 2.05) is 4.57 Å². The van der Waals surface area contributed by atoms with Crippen LogP contribution in [0.15, 0.2) is 30.3 Å². The maximum absolute atomic E-state index is 14.3. The molecular weight excluding hydrogens is 443 g/mol. The second-order valence-corrected chi connectivity index (χ2v) is 9.57. The fraction of sp³-hybridized carbons (Fsp3) is 0.440. The Labute approximate surface area is 197 Å². The number of aryl methyl sites for hydroxylation is 2. The molecule has 1 unspecified atom stereocenters. The second-order valence-electron chi connectivity index (χ2n) is 9.13. The number of carbonyl (C=O) groups is 1. The molecule has 3 heterocycles. The first kappa shape index (κ1) is 22.2. The number of anilines is 1. The first-order chi connectivity index (χ1) is 15.9. The van der Waals surface area contributed by atoms with Crippen LogP contribution in [0.25, 0.3) is 16.7 Å². The topological polar surface area (TPSA) is 59.4 Å². The summed E-state index contributed by atoms with van der Waals surface area (Å²) in [6.07, 6.45) is 2.36. The van der Waals surface area contributed by atoms with E-state index >= 15 is 0 Å². The van der Waals surface area contributed by atoms with Gasteiger partial charge in [-0.3, -0.25) is 9.36 Å². The van der Waals surface area contributed by atoms with Gasteiger partial charge >= 0.3 is 0 Å². The molecule has 0 aliphatic carbocycles. The van der Waals surface area contributed by atoms with Gasteiger partial charge in [0.1, 0.15) is 5.82 Å². The van der Waals surface area contributed by atoms with E-state index in [9.17, 15) is 9.18 Å². The number of halogens is 2. The number of amides is 1. The van der Waals surface area contributed by atoms with E-state index in [1.54, 1.807) is 6.07 Å². The zero-order chi connectivity index (χ0) is 23.1. The standard InChI is InChI=1S/C25H28ClFN4O2/c1-15-9-22-23(10-16(15)2)31(21-12-18(26)11-19(27)13-21)25(29-22)30-6-3-17(4-7-30)24(32)28-20-5-8-33-14-20/h9-13,17,20H,3-8,14H2,1-2H3,(H,28,32). The summed E-state index contributed by atoms with van der Waals surface area (Å²) in [6.45, 7) is 6.83. The van der Waals surface area contributed by atoms with Gasteiger partial charge in [-0.1, -0.05) is 11.6 Å². The summed E-state index contributed by atoms with van der Waals surface area (Å²) in [7, 11) is 0. The summed E-state index contributed by atoms with van der Waals surface area (Å²) in [4.78, 5) is 19.8. The average molecular weight is 471 g/mol. The zero-order valence-electron chi connectivity index (χ0n) is 18.9. The van der Waals surface area contributed by atoms with Crippen LogP contribution in [0, 0.1) is 25.6 Å². The Morgan fingerprint density at radius 1 is 1.12 bits per heavy atom. The number of aromatic nitrogens is 2. The summed E-state index contributed by atoms with van der Waals surface area (Å²) in [5, 5.41) is 3.47. The van der Waals surface area contributed by atoms with Crippen molar-refractivity contribution in [1.82, 2.24) is 14.9 Å². The molecule has 8 heteroatoms. The Balaban J connectivity index is 1.45. The van der Waals surface area contributed by atoms with Crippen LogP contribution in [0.1, 0.15) is 30.4 Å². The second kappa shape index (κ2) is 8.95. The smallest absolute Gasteiger partial charge is 0.223 e. The van der Waals surface area contributed by atoms with Crippen molar-refractivity contribution in [3.63, 3.8) is 0 Å². The van der Waals surface area contributed by atoms with Gasteiger partial charge in [0.2, 0.25) is 11.9 Å². The molecule has 1 atom stereocenters. The molecule has 2 aliphatic rings. The van der Waals surface area contributed by atoms with Gasteiger partial charge in [0.25, 0.3) is 0 Å². The van der Waals surface area contributed by atoms with Crippen molar-refractivity contribution in [2.45, 2.75) is 39.2 Å². The summed E-state index contributed by atoms with van der Waals surface area (Å²) in [6, 6.07) is 8.82. The molecule has 1 N–H and O–H groups in total. The van der Waals surface area contributed by atoms with E-state index in [2.05, 4.69) is 36.2 Å². The molecule has 1 aromatic heterocycles. The molecule has 2 saturated heterocycles. The lowest BCUT2D eigenvalue weighted by atomic mass is 9.95. The third-order valence-corrected chi connectivity index (χ3v) is 7.00. The minimum absolute atomic E-state index is 0.0206. The van der Waals surface area contributed by atoms with Crippen LogP contribution in [-0.4, -0.2) is 47.8 Å². The molecule has 2 aliphatic heterocycles. The average Bonchev–Trinajstić information content (AvgIpc) is 3.41. The lowest BCUT2D eigenvalue weighted by Gasteiger charge is -2.32. The molecule has 2 aromatic carbocycles. The Morgan fingerprint density at radius 3 is 2.58 bits per heavy atom. The first-order valence-electron chi connectivity index (χ1n) is 11.5. The summed E-state index contributed by atoms with van der Waals surface area (Å²) in [5.74, 6) is 0.453. The molecule has 6 nitrogen and oxygen atoms in total. The number of nitrogens with zero attached hydrogens (tertiary/aromatic N) is 3. The third kappa shape index (κ3) is 4.44. The zero-order valence-corrected chi connectivity index (χ0v) is 19.7. The van der Waals surface area contributed by atoms with Crippen molar-refractivity contribution in [1.29, 1.82) is 0 Å². The number of ether oxygens (including phenoxy) is 1. The highest BCUT2D eigenvalue weighted by Gasteiger charge is 2.30. The van der Waals surface area contributed by atoms with Crippen LogP contribution in [0.3, 0.4) is 0 Å². The van der Waals surface area contributed by atoms with Crippen molar-refractivity contribution >= 4 is 34.5 Å². The van der Waals surface area contributed by atoms with Gasteiger partial charge in [-0.2, -0.15) is 0 Å². The van der Waals surface area contributed by atoms with Crippen molar-refractivity contribution < 1.29 is 13.9 Å². The predicted octanol–water partition coefficient (Wildman–Crippen LogP) is 4.56. The van der Waals surface area contributed by atoms with Crippen LogP contribution >= 0.6 is 11.6 Å². The maximum Gasteiger partial charge on any atom is 0.223 e. The molecule has 0 saturated carbocycles. The predicted molar refractivity (Wildman–Crippen MR) is 128 cm³/mol. The van der Waals surface area contributed by atoms with Gasteiger partial charge in [-0.15, -0.1) is 0 Å². The molecule has 0 spiro atoms. The number of rotatable bonds is 4. The normalized spacial score (nSPS) is 19.4. The quantitative estimate of drug-likeness (QED) is 0.607. The van der Waals surface area contributed by atoms with Gasteiger partial charge in [-0.05, 0) is 74.6 Å². The van der Waals surface area contributed by atoms with Crippen LogP contribution in [-0.2, 0) is 9.53 Å². The first-order valence-corrected chi connectivity index (χ1v) is 11.9. The highest BCUT2D eigenvalue weighted by atomic mass is 35.5. The van der Waals surface area contributed by atoms with Crippen LogP contribution in [0.4, 0.5) is 10.3 Å². The molecule has 3 aromatic rings. The summed E-state index contributed by atoms with van der Waals surface area (Å²) < 4.78 is 21.6. The lowest BCUT2D eigenvalue weighted by molar-refractivity contribution is -0.126. The maximum atomic E-state index is 14.3. The number of hydrogen-bond acceptors (Lipinski definition) is 4. The summed E-state index contributed by atoms with van der Waals surface area (Å²) in [5.41, 5.74) is 4.71. The van der Waals surface area contributed by atoms with E-state index in [4.69, 9.17) is 21.3 Å². The SMILES string of the molecule is Cc1cc2nc(N3CCC(C(=O)NC4CCOC4)CC3)n(-c3cc(F)cc(Cl)c3)c2cc1C. The number of benzene rings is 2. The Kier molecular flexibility index (Phi) is 6.01. The van der Waals surface area contributed by atoms with Crippen molar-refractivity contribution in [2.24, 2.45) is 5.92 Å². The van der Waals surface area contributed by atoms with Gasteiger partial charge < -0.3 is 15.0 Å². The number of hydrogen-bond donors (Lipinski definition) is 1. The van der Waals surface area contributed by atoms with Gasteiger partial charge in [0.15, 0.2) is 0 Å². The van der Waals surface area contributed by atoms with E-state index in [1.165, 1.54) is 12.1 Å². The van der Waals surface area contributed by atoms with E-state index in [-0.39, 0.29) is 23.7 Å².